The standard InChI is InChI=1S/C59H54N4O/c1-57(2,42-19-10-7-11-20-42)45-31-32-60-56(38-45)63-54-28-17-16-27-52(54)53-30-29-51(40-55(53)63)64-50-26-18-25-48(39-50)61-33-34-62(41-61)49-36-46(58(3,4)43-21-12-8-13-22-43)35-47(37-49)59(5,6)44-23-14-9-15-24-44/h7-40H,41H2,1-6H3. The monoisotopic (exact) mass is 834 g/mol. The van der Waals surface area contributed by atoms with Crippen LogP contribution < -0.4 is 14.5 Å². The van der Waals surface area contributed by atoms with E-state index >= 15 is 0 Å². The van der Waals surface area contributed by atoms with E-state index in [0.29, 0.717) is 6.67 Å². The average Bonchev–Trinajstić information content (AvgIpc) is 3.96. The molecular formula is C59H54N4O. The predicted octanol–water partition coefficient (Wildman–Crippen LogP) is 14.7. The number of benzene rings is 7. The van der Waals surface area contributed by atoms with Crippen molar-refractivity contribution in [1.82, 2.24) is 9.55 Å². The number of anilines is 2. The number of fused-ring (bicyclic) bond motifs is 3. The minimum atomic E-state index is -0.204. The number of ether oxygens (including phenoxy) is 1. The predicted molar refractivity (Wildman–Crippen MR) is 266 cm³/mol. The zero-order valence-electron chi connectivity index (χ0n) is 37.5. The van der Waals surface area contributed by atoms with Crippen molar-refractivity contribution in [3.63, 3.8) is 0 Å². The summed E-state index contributed by atoms with van der Waals surface area (Å²) in [5, 5.41) is 2.33. The normalized spacial score (nSPS) is 13.3. The third kappa shape index (κ3) is 7.41. The molecule has 0 spiro atoms. The first-order valence-corrected chi connectivity index (χ1v) is 22.3. The smallest absolute Gasteiger partial charge is 0.137 e. The van der Waals surface area contributed by atoms with Crippen LogP contribution in [0.1, 0.15) is 74.9 Å². The van der Waals surface area contributed by atoms with Crippen LogP contribution in [0.15, 0.2) is 207 Å². The summed E-state index contributed by atoms with van der Waals surface area (Å²) < 4.78 is 8.98. The third-order valence-electron chi connectivity index (χ3n) is 13.6. The van der Waals surface area contributed by atoms with Gasteiger partial charge in [0, 0.05) is 69.1 Å². The fraction of sp³-hybridized carbons (Fsp3) is 0.169. The second kappa shape index (κ2) is 16.1. The molecule has 1 aliphatic heterocycles. The topological polar surface area (TPSA) is 33.5 Å². The zero-order valence-corrected chi connectivity index (χ0v) is 37.5. The first-order chi connectivity index (χ1) is 31.0. The van der Waals surface area contributed by atoms with Gasteiger partial charge in [0.2, 0.25) is 0 Å². The Morgan fingerprint density at radius 2 is 0.938 bits per heavy atom. The summed E-state index contributed by atoms with van der Waals surface area (Å²) in [5.74, 6) is 2.41. The van der Waals surface area contributed by atoms with Crippen LogP contribution in [-0.4, -0.2) is 16.2 Å². The maximum absolute atomic E-state index is 6.71. The summed E-state index contributed by atoms with van der Waals surface area (Å²) in [6, 6.07) is 67.2. The lowest BCUT2D eigenvalue weighted by Gasteiger charge is -2.33. The molecule has 0 unspecified atom stereocenters. The number of rotatable bonds is 11. The van der Waals surface area contributed by atoms with Gasteiger partial charge in [-0.2, -0.15) is 0 Å². The Labute approximate surface area is 377 Å². The zero-order chi connectivity index (χ0) is 44.1. The van der Waals surface area contributed by atoms with E-state index in [1.807, 2.05) is 12.3 Å². The Hall–Kier alpha value is -7.37. The highest BCUT2D eigenvalue weighted by atomic mass is 16.5. The molecule has 0 radical (unpaired) electrons. The summed E-state index contributed by atoms with van der Waals surface area (Å²) in [5.41, 5.74) is 11.4. The van der Waals surface area contributed by atoms with E-state index in [-0.39, 0.29) is 16.2 Å². The maximum atomic E-state index is 6.71. The van der Waals surface area contributed by atoms with Crippen LogP contribution in [0.4, 0.5) is 11.4 Å². The van der Waals surface area contributed by atoms with Crippen molar-refractivity contribution in [2.75, 3.05) is 16.5 Å². The highest BCUT2D eigenvalue weighted by Crippen LogP contribution is 2.42. The van der Waals surface area contributed by atoms with Crippen molar-refractivity contribution in [2.24, 2.45) is 0 Å². The SMILES string of the molecule is CC(C)(c1ccccc1)c1cc(N2C=CN(c3cccc(Oc4ccc5c6ccccc6n(-c6cc(C(C)(C)c7ccccc7)ccn6)c5c4)c3)C2)cc(C(C)(C)c2ccccc2)c1. The van der Waals surface area contributed by atoms with Gasteiger partial charge in [-0.25, -0.2) is 4.98 Å². The number of nitrogens with zero attached hydrogens (tertiary/aromatic N) is 4. The number of para-hydroxylation sites is 1. The number of hydrogen-bond donors (Lipinski definition) is 0. The van der Waals surface area contributed by atoms with Gasteiger partial charge in [-0.1, -0.05) is 163 Å². The van der Waals surface area contributed by atoms with Gasteiger partial charge in [0.15, 0.2) is 0 Å². The number of hydrogen-bond acceptors (Lipinski definition) is 4. The molecule has 1 aliphatic rings. The van der Waals surface area contributed by atoms with E-state index in [2.05, 4.69) is 250 Å². The van der Waals surface area contributed by atoms with Crippen LogP contribution in [-0.2, 0) is 16.2 Å². The summed E-state index contributed by atoms with van der Waals surface area (Å²) >= 11 is 0. The molecule has 0 atom stereocenters. The summed E-state index contributed by atoms with van der Waals surface area (Å²) in [6.07, 6.45) is 6.29. The Kier molecular flexibility index (Phi) is 10.2. The van der Waals surface area contributed by atoms with Gasteiger partial charge in [0.1, 0.15) is 17.3 Å². The molecule has 9 aromatic rings. The second-order valence-corrected chi connectivity index (χ2v) is 18.7. The first-order valence-electron chi connectivity index (χ1n) is 22.3. The van der Waals surface area contributed by atoms with Crippen molar-refractivity contribution in [2.45, 2.75) is 57.8 Å². The van der Waals surface area contributed by atoms with Crippen molar-refractivity contribution in [3.8, 4) is 17.3 Å². The number of aromatic nitrogens is 2. The van der Waals surface area contributed by atoms with Crippen LogP contribution in [0.3, 0.4) is 0 Å². The fourth-order valence-electron chi connectivity index (χ4n) is 9.37. The van der Waals surface area contributed by atoms with Gasteiger partial charge < -0.3 is 14.5 Å². The van der Waals surface area contributed by atoms with E-state index in [9.17, 15) is 0 Å². The van der Waals surface area contributed by atoms with Crippen LogP contribution in [0.5, 0.6) is 11.5 Å². The highest BCUT2D eigenvalue weighted by molar-refractivity contribution is 6.09. The van der Waals surface area contributed by atoms with Crippen molar-refractivity contribution < 1.29 is 4.74 Å². The Morgan fingerprint density at radius 3 is 1.56 bits per heavy atom. The van der Waals surface area contributed by atoms with Gasteiger partial charge in [0.25, 0.3) is 0 Å². The summed E-state index contributed by atoms with van der Waals surface area (Å²) in [7, 11) is 0. The van der Waals surface area contributed by atoms with Crippen LogP contribution in [0.2, 0.25) is 0 Å². The van der Waals surface area contributed by atoms with Gasteiger partial charge >= 0.3 is 0 Å². The molecule has 0 fully saturated rings. The first kappa shape index (κ1) is 40.7. The van der Waals surface area contributed by atoms with E-state index in [4.69, 9.17) is 9.72 Å². The van der Waals surface area contributed by atoms with E-state index in [1.165, 1.54) is 44.5 Å². The van der Waals surface area contributed by atoms with Crippen LogP contribution in [0, 0.1) is 0 Å². The largest absolute Gasteiger partial charge is 0.457 e. The molecule has 2 aromatic heterocycles. The summed E-state index contributed by atoms with van der Waals surface area (Å²) in [6.45, 7) is 14.5. The molecular weight excluding hydrogens is 781 g/mol. The van der Waals surface area contributed by atoms with Gasteiger partial charge in [-0.05, 0) is 88.0 Å². The van der Waals surface area contributed by atoms with E-state index < -0.39 is 0 Å². The van der Waals surface area contributed by atoms with E-state index in [0.717, 1.165) is 39.4 Å². The fourth-order valence-corrected chi connectivity index (χ4v) is 9.37. The molecule has 64 heavy (non-hydrogen) atoms. The maximum Gasteiger partial charge on any atom is 0.137 e. The molecule has 0 amide bonds. The second-order valence-electron chi connectivity index (χ2n) is 18.7. The highest BCUT2D eigenvalue weighted by Gasteiger charge is 2.30. The van der Waals surface area contributed by atoms with E-state index in [1.54, 1.807) is 0 Å². The lowest BCUT2D eigenvalue weighted by Crippen LogP contribution is -2.27. The molecule has 0 saturated heterocycles. The third-order valence-corrected chi connectivity index (χ3v) is 13.6. The molecule has 5 nitrogen and oxygen atoms in total. The molecule has 0 bridgehead atoms. The van der Waals surface area contributed by atoms with Crippen LogP contribution in [0.25, 0.3) is 27.6 Å². The van der Waals surface area contributed by atoms with Gasteiger partial charge in [-0.15, -0.1) is 0 Å². The van der Waals surface area contributed by atoms with Gasteiger partial charge in [0.05, 0.1) is 17.7 Å². The molecule has 0 N–H and O–H groups in total. The van der Waals surface area contributed by atoms with Crippen molar-refractivity contribution in [3.05, 3.63) is 240 Å². The number of pyridine rings is 1. The molecule has 7 aromatic carbocycles. The molecule has 3 heterocycles. The minimum absolute atomic E-state index is 0.204. The van der Waals surface area contributed by atoms with Crippen LogP contribution >= 0.6 is 0 Å². The Morgan fingerprint density at radius 1 is 0.406 bits per heavy atom. The molecule has 0 aliphatic carbocycles. The Bertz CT molecular complexity index is 3080. The summed E-state index contributed by atoms with van der Waals surface area (Å²) in [4.78, 5) is 9.58. The van der Waals surface area contributed by atoms with Gasteiger partial charge in [-0.3, -0.25) is 4.57 Å². The molecule has 0 saturated carbocycles. The molecule has 5 heteroatoms. The molecule has 316 valence electrons. The lowest BCUT2D eigenvalue weighted by molar-refractivity contribution is 0.483. The van der Waals surface area contributed by atoms with Crippen molar-refractivity contribution in [1.29, 1.82) is 0 Å². The average molecular weight is 835 g/mol. The Balaban J connectivity index is 0.949. The minimum Gasteiger partial charge on any atom is -0.457 e. The quantitative estimate of drug-likeness (QED) is 0.130. The molecule has 10 rings (SSSR count). The van der Waals surface area contributed by atoms with Crippen molar-refractivity contribution >= 4 is 33.2 Å². The lowest BCUT2D eigenvalue weighted by atomic mass is 9.73.